The topological polar surface area (TPSA) is 71.4 Å². The Morgan fingerprint density at radius 1 is 0.900 bits per heavy atom. The third-order valence-electron chi connectivity index (χ3n) is 4.47. The molecule has 4 rings (SSSR count). The molecule has 0 spiro atoms. The SMILES string of the molecule is CN(c1ccc(Oc2nc(O)c3ccncc3n2)cc1)c1ccc(C(F)(F)F)cc1. The van der Waals surface area contributed by atoms with Crippen molar-refractivity contribution in [2.75, 3.05) is 11.9 Å². The Morgan fingerprint density at radius 3 is 2.17 bits per heavy atom. The van der Waals surface area contributed by atoms with Gasteiger partial charge in [0.1, 0.15) is 5.75 Å². The number of anilines is 2. The van der Waals surface area contributed by atoms with Crippen molar-refractivity contribution in [2.45, 2.75) is 6.18 Å². The summed E-state index contributed by atoms with van der Waals surface area (Å²) in [4.78, 5) is 13.8. The minimum atomic E-state index is -4.37. The molecule has 0 aliphatic carbocycles. The second-order valence-corrected chi connectivity index (χ2v) is 6.42. The molecular formula is C21H15F3N4O2. The van der Waals surface area contributed by atoms with Gasteiger partial charge < -0.3 is 14.7 Å². The summed E-state index contributed by atoms with van der Waals surface area (Å²) in [5, 5.41) is 10.5. The van der Waals surface area contributed by atoms with Crippen LogP contribution in [0.15, 0.2) is 67.0 Å². The molecule has 2 heterocycles. The maximum Gasteiger partial charge on any atom is 0.416 e. The van der Waals surface area contributed by atoms with Gasteiger partial charge in [0.2, 0.25) is 5.88 Å². The molecule has 6 nitrogen and oxygen atoms in total. The number of nitrogens with zero attached hydrogens (tertiary/aromatic N) is 4. The van der Waals surface area contributed by atoms with Crippen molar-refractivity contribution >= 4 is 22.3 Å². The summed E-state index contributed by atoms with van der Waals surface area (Å²) in [5.41, 5.74) is 1.09. The van der Waals surface area contributed by atoms with E-state index in [0.29, 0.717) is 22.3 Å². The normalized spacial score (nSPS) is 11.5. The summed E-state index contributed by atoms with van der Waals surface area (Å²) in [5.74, 6) is 0.221. The Bertz CT molecular complexity index is 1180. The van der Waals surface area contributed by atoms with Gasteiger partial charge in [0.25, 0.3) is 0 Å². The summed E-state index contributed by atoms with van der Waals surface area (Å²) in [6, 6.07) is 13.3. The zero-order chi connectivity index (χ0) is 21.3. The van der Waals surface area contributed by atoms with E-state index >= 15 is 0 Å². The largest absolute Gasteiger partial charge is 0.493 e. The standard InChI is InChI=1S/C21H15F3N4O2/c1-28(14-4-2-13(3-5-14)21(22,23)24)15-6-8-16(9-7-15)30-20-26-18-12-25-11-10-17(18)19(29)27-20/h2-12H,1H3,(H,26,27,29). The van der Waals surface area contributed by atoms with Gasteiger partial charge in [0.15, 0.2) is 0 Å². The molecule has 2 aromatic carbocycles. The van der Waals surface area contributed by atoms with E-state index in [-0.39, 0.29) is 11.9 Å². The van der Waals surface area contributed by atoms with Gasteiger partial charge in [0, 0.05) is 24.6 Å². The number of alkyl halides is 3. The van der Waals surface area contributed by atoms with E-state index in [0.717, 1.165) is 17.8 Å². The van der Waals surface area contributed by atoms with Crippen LogP contribution in [-0.4, -0.2) is 27.1 Å². The zero-order valence-corrected chi connectivity index (χ0v) is 15.6. The van der Waals surface area contributed by atoms with Crippen LogP contribution < -0.4 is 9.64 Å². The molecular weight excluding hydrogens is 397 g/mol. The summed E-state index contributed by atoms with van der Waals surface area (Å²) < 4.78 is 43.8. The molecule has 0 amide bonds. The van der Waals surface area contributed by atoms with Gasteiger partial charge in [0.05, 0.1) is 22.7 Å². The fourth-order valence-electron chi connectivity index (χ4n) is 2.86. The van der Waals surface area contributed by atoms with E-state index in [1.165, 1.54) is 24.5 Å². The number of hydrogen-bond donors (Lipinski definition) is 1. The van der Waals surface area contributed by atoms with Crippen LogP contribution in [0.25, 0.3) is 10.9 Å². The molecule has 2 aromatic heterocycles. The Balaban J connectivity index is 1.51. The summed E-state index contributed by atoms with van der Waals surface area (Å²) in [7, 11) is 1.75. The highest BCUT2D eigenvalue weighted by Gasteiger charge is 2.30. The number of hydrogen-bond acceptors (Lipinski definition) is 6. The number of aromatic nitrogens is 3. The number of ether oxygens (including phenoxy) is 1. The van der Waals surface area contributed by atoms with Crippen molar-refractivity contribution in [3.63, 3.8) is 0 Å². The van der Waals surface area contributed by atoms with E-state index < -0.39 is 11.7 Å². The van der Waals surface area contributed by atoms with Crippen LogP contribution in [0.3, 0.4) is 0 Å². The molecule has 0 radical (unpaired) electrons. The second kappa shape index (κ2) is 7.51. The van der Waals surface area contributed by atoms with Crippen LogP contribution in [0.4, 0.5) is 24.5 Å². The first kappa shape index (κ1) is 19.4. The molecule has 9 heteroatoms. The maximum absolute atomic E-state index is 12.7. The highest BCUT2D eigenvalue weighted by molar-refractivity contribution is 5.82. The van der Waals surface area contributed by atoms with Crippen molar-refractivity contribution in [1.29, 1.82) is 0 Å². The van der Waals surface area contributed by atoms with Gasteiger partial charge in [-0.25, -0.2) is 0 Å². The molecule has 0 unspecified atom stereocenters. The highest BCUT2D eigenvalue weighted by Crippen LogP contribution is 2.32. The van der Waals surface area contributed by atoms with Gasteiger partial charge in [-0.2, -0.15) is 23.1 Å². The van der Waals surface area contributed by atoms with Gasteiger partial charge in [-0.3, -0.25) is 4.98 Å². The number of rotatable bonds is 4. The molecule has 0 bridgehead atoms. The lowest BCUT2D eigenvalue weighted by Gasteiger charge is -2.20. The van der Waals surface area contributed by atoms with Crippen LogP contribution in [0.2, 0.25) is 0 Å². The Hall–Kier alpha value is -3.88. The minimum absolute atomic E-state index is 0.0307. The zero-order valence-electron chi connectivity index (χ0n) is 15.6. The van der Waals surface area contributed by atoms with E-state index in [9.17, 15) is 18.3 Å². The van der Waals surface area contributed by atoms with Gasteiger partial charge in [-0.15, -0.1) is 0 Å². The Labute approximate surface area is 169 Å². The van der Waals surface area contributed by atoms with Crippen molar-refractivity contribution in [3.8, 4) is 17.6 Å². The van der Waals surface area contributed by atoms with E-state index in [1.807, 2.05) is 0 Å². The molecule has 0 saturated carbocycles. The van der Waals surface area contributed by atoms with Crippen LogP contribution in [0.5, 0.6) is 17.6 Å². The van der Waals surface area contributed by atoms with Gasteiger partial charge in [-0.1, -0.05) is 0 Å². The number of pyridine rings is 1. The van der Waals surface area contributed by atoms with Gasteiger partial charge in [-0.05, 0) is 54.6 Å². The fraction of sp³-hybridized carbons (Fsp3) is 0.0952. The van der Waals surface area contributed by atoms with E-state index in [1.54, 1.807) is 42.3 Å². The lowest BCUT2D eigenvalue weighted by Crippen LogP contribution is -2.10. The van der Waals surface area contributed by atoms with Crippen molar-refractivity contribution in [3.05, 3.63) is 72.6 Å². The number of benzene rings is 2. The quantitative estimate of drug-likeness (QED) is 0.490. The van der Waals surface area contributed by atoms with E-state index in [4.69, 9.17) is 4.74 Å². The average Bonchev–Trinajstić information content (AvgIpc) is 2.73. The summed E-state index contributed by atoms with van der Waals surface area (Å²) in [6.45, 7) is 0. The Kier molecular flexibility index (Phi) is 4.86. The molecule has 152 valence electrons. The molecule has 0 aliphatic rings. The lowest BCUT2D eigenvalue weighted by atomic mass is 10.2. The van der Waals surface area contributed by atoms with Crippen molar-refractivity contribution in [1.82, 2.24) is 15.0 Å². The molecule has 0 saturated heterocycles. The first-order valence-corrected chi connectivity index (χ1v) is 8.81. The smallest absolute Gasteiger partial charge is 0.416 e. The second-order valence-electron chi connectivity index (χ2n) is 6.42. The minimum Gasteiger partial charge on any atom is -0.493 e. The van der Waals surface area contributed by atoms with Gasteiger partial charge >= 0.3 is 12.2 Å². The van der Waals surface area contributed by atoms with Crippen molar-refractivity contribution < 1.29 is 23.0 Å². The molecule has 0 fully saturated rings. The maximum atomic E-state index is 12.7. The first-order valence-electron chi connectivity index (χ1n) is 8.81. The molecule has 30 heavy (non-hydrogen) atoms. The summed E-state index contributed by atoms with van der Waals surface area (Å²) in [6.07, 6.45) is -1.35. The molecule has 0 atom stereocenters. The third kappa shape index (κ3) is 3.95. The molecule has 1 N–H and O–H groups in total. The highest BCUT2D eigenvalue weighted by atomic mass is 19.4. The fourth-order valence-corrected chi connectivity index (χ4v) is 2.86. The third-order valence-corrected chi connectivity index (χ3v) is 4.47. The van der Waals surface area contributed by atoms with Crippen LogP contribution in [0, 0.1) is 0 Å². The van der Waals surface area contributed by atoms with Crippen LogP contribution >= 0.6 is 0 Å². The lowest BCUT2D eigenvalue weighted by molar-refractivity contribution is -0.137. The van der Waals surface area contributed by atoms with E-state index in [2.05, 4.69) is 15.0 Å². The van der Waals surface area contributed by atoms with Crippen molar-refractivity contribution in [2.24, 2.45) is 0 Å². The predicted molar refractivity (Wildman–Crippen MR) is 105 cm³/mol. The summed E-state index contributed by atoms with van der Waals surface area (Å²) >= 11 is 0. The van der Waals surface area contributed by atoms with Crippen LogP contribution in [-0.2, 0) is 6.18 Å². The first-order chi connectivity index (χ1) is 14.3. The molecule has 4 aromatic rings. The Morgan fingerprint density at radius 2 is 1.53 bits per heavy atom. The monoisotopic (exact) mass is 412 g/mol. The number of aromatic hydroxyl groups is 1. The number of fused-ring (bicyclic) bond motifs is 1. The number of halogens is 3. The molecule has 0 aliphatic heterocycles. The average molecular weight is 412 g/mol. The predicted octanol–water partition coefficient (Wildman–Crippen LogP) is 5.31. The van der Waals surface area contributed by atoms with Crippen LogP contribution in [0.1, 0.15) is 5.56 Å².